The predicted molar refractivity (Wildman–Crippen MR) is 39.6 cm³/mol. The Morgan fingerprint density at radius 1 is 1.60 bits per heavy atom. The number of aryl methyl sites for hydroxylation is 1. The first-order chi connectivity index (χ1) is 4.88. The number of pyridine rings is 1. The number of fused-ring (bicyclic) bond motifs is 1. The second-order valence-corrected chi connectivity index (χ2v) is 2.27. The molecule has 2 heterocycles. The molecule has 2 nitrogen and oxygen atoms in total. The molecular weight excluding hydrogens is 124 g/mol. The van der Waals surface area contributed by atoms with Gasteiger partial charge in [0.2, 0.25) is 0 Å². The van der Waals surface area contributed by atoms with Crippen LogP contribution in [-0.4, -0.2) is 9.55 Å². The van der Waals surface area contributed by atoms with E-state index < -0.39 is 0 Å². The van der Waals surface area contributed by atoms with E-state index >= 15 is 0 Å². The molecule has 0 spiro atoms. The van der Waals surface area contributed by atoms with E-state index in [1.165, 1.54) is 5.39 Å². The highest BCUT2D eigenvalue weighted by molar-refractivity contribution is 5.78. The Labute approximate surface area is 59.1 Å². The average molecular weight is 131 g/mol. The summed E-state index contributed by atoms with van der Waals surface area (Å²) in [7, 11) is 1.96. The third-order valence-corrected chi connectivity index (χ3v) is 1.61. The molecule has 2 aromatic heterocycles. The van der Waals surface area contributed by atoms with Gasteiger partial charge in [0.1, 0.15) is 0 Å². The second kappa shape index (κ2) is 1.84. The molecule has 0 unspecified atom stereocenters. The Kier molecular flexibility index (Phi) is 1.01. The minimum Gasteiger partial charge on any atom is -0.341 e. The monoisotopic (exact) mass is 131 g/mol. The van der Waals surface area contributed by atoms with Gasteiger partial charge in [-0.3, -0.25) is 4.98 Å². The maximum Gasteiger partial charge on any atom is 0.0669 e. The van der Waals surface area contributed by atoms with Crippen LogP contribution in [0.4, 0.5) is 0 Å². The summed E-state index contributed by atoms with van der Waals surface area (Å²) in [5.41, 5.74) is 1.13. The quantitative estimate of drug-likeness (QED) is 0.528. The highest BCUT2D eigenvalue weighted by Crippen LogP contribution is 2.10. The SMILES string of the molecule is Cn1[c]cc2ccncc21. The molecule has 2 aromatic rings. The lowest BCUT2D eigenvalue weighted by Gasteiger charge is -1.91. The van der Waals surface area contributed by atoms with Gasteiger partial charge in [-0.15, -0.1) is 0 Å². The molecular formula is C8H7N2. The van der Waals surface area contributed by atoms with Crippen LogP contribution in [0.15, 0.2) is 24.5 Å². The fourth-order valence-electron chi connectivity index (χ4n) is 1.04. The zero-order valence-corrected chi connectivity index (χ0v) is 5.70. The first kappa shape index (κ1) is 5.47. The van der Waals surface area contributed by atoms with Crippen LogP contribution in [0.1, 0.15) is 0 Å². The molecule has 0 bridgehead atoms. The highest BCUT2D eigenvalue weighted by atomic mass is 14.9. The van der Waals surface area contributed by atoms with Gasteiger partial charge in [0.05, 0.1) is 17.9 Å². The lowest BCUT2D eigenvalue weighted by Crippen LogP contribution is -1.83. The zero-order valence-electron chi connectivity index (χ0n) is 5.70. The van der Waals surface area contributed by atoms with Crippen LogP contribution in [0.25, 0.3) is 10.9 Å². The molecule has 1 radical (unpaired) electrons. The molecule has 0 saturated heterocycles. The van der Waals surface area contributed by atoms with Crippen LogP contribution >= 0.6 is 0 Å². The Hall–Kier alpha value is -1.31. The van der Waals surface area contributed by atoms with E-state index in [4.69, 9.17) is 0 Å². The van der Waals surface area contributed by atoms with Gasteiger partial charge in [-0.25, -0.2) is 0 Å². The average Bonchev–Trinajstić information content (AvgIpc) is 2.34. The molecule has 0 aliphatic heterocycles. The van der Waals surface area contributed by atoms with E-state index in [0.29, 0.717) is 0 Å². The van der Waals surface area contributed by atoms with Gasteiger partial charge in [-0.1, -0.05) is 0 Å². The van der Waals surface area contributed by atoms with Crippen molar-refractivity contribution in [3.05, 3.63) is 30.7 Å². The summed E-state index contributed by atoms with van der Waals surface area (Å²) in [6.07, 6.45) is 6.68. The van der Waals surface area contributed by atoms with E-state index in [-0.39, 0.29) is 0 Å². The fourth-order valence-corrected chi connectivity index (χ4v) is 1.04. The number of nitrogens with zero attached hydrogens (tertiary/aromatic N) is 2. The van der Waals surface area contributed by atoms with Gasteiger partial charge in [-0.05, 0) is 12.1 Å². The number of rotatable bonds is 0. The second-order valence-electron chi connectivity index (χ2n) is 2.27. The van der Waals surface area contributed by atoms with E-state index in [9.17, 15) is 0 Å². The summed E-state index contributed by atoms with van der Waals surface area (Å²) in [4.78, 5) is 4.01. The lowest BCUT2D eigenvalue weighted by atomic mass is 10.3. The molecule has 49 valence electrons. The van der Waals surface area contributed by atoms with Crippen LogP contribution < -0.4 is 0 Å². The summed E-state index contributed by atoms with van der Waals surface area (Å²) in [6.45, 7) is 0. The van der Waals surface area contributed by atoms with Crippen molar-refractivity contribution < 1.29 is 0 Å². The summed E-state index contributed by atoms with van der Waals surface area (Å²) < 4.78 is 1.93. The van der Waals surface area contributed by atoms with Crippen LogP contribution in [-0.2, 0) is 7.05 Å². The summed E-state index contributed by atoms with van der Waals surface area (Å²) >= 11 is 0. The van der Waals surface area contributed by atoms with Crippen molar-refractivity contribution >= 4 is 10.9 Å². The van der Waals surface area contributed by atoms with E-state index in [0.717, 1.165) is 5.52 Å². The molecule has 0 aromatic carbocycles. The van der Waals surface area contributed by atoms with Crippen molar-refractivity contribution in [3.63, 3.8) is 0 Å². The first-order valence-corrected chi connectivity index (χ1v) is 3.15. The molecule has 2 rings (SSSR count). The molecule has 0 aliphatic rings. The Morgan fingerprint density at radius 2 is 2.50 bits per heavy atom. The van der Waals surface area contributed by atoms with Crippen LogP contribution in [0.5, 0.6) is 0 Å². The standard InChI is InChI=1S/C8H7N2/c1-10-5-3-7-2-4-9-6-8(7)10/h2-4,6H,1H3. The molecule has 0 fully saturated rings. The van der Waals surface area contributed by atoms with E-state index in [1.807, 2.05) is 29.9 Å². The first-order valence-electron chi connectivity index (χ1n) is 3.15. The van der Waals surface area contributed by atoms with E-state index in [1.54, 1.807) is 6.20 Å². The molecule has 2 heteroatoms. The van der Waals surface area contributed by atoms with Gasteiger partial charge in [0, 0.05) is 18.6 Å². The minimum atomic E-state index is 1.13. The third kappa shape index (κ3) is 0.620. The highest BCUT2D eigenvalue weighted by Gasteiger charge is 1.93. The van der Waals surface area contributed by atoms with Crippen molar-refractivity contribution in [1.82, 2.24) is 9.55 Å². The van der Waals surface area contributed by atoms with E-state index in [2.05, 4.69) is 11.2 Å². The van der Waals surface area contributed by atoms with Crippen LogP contribution in [0, 0.1) is 6.20 Å². The Balaban J connectivity index is 2.93. The van der Waals surface area contributed by atoms with Gasteiger partial charge < -0.3 is 4.57 Å². The topological polar surface area (TPSA) is 17.8 Å². The third-order valence-electron chi connectivity index (χ3n) is 1.61. The summed E-state index contributed by atoms with van der Waals surface area (Å²) in [5, 5.41) is 1.19. The maximum absolute atomic E-state index is 4.01. The lowest BCUT2D eigenvalue weighted by molar-refractivity contribution is 0.956. The Morgan fingerprint density at radius 3 is 3.30 bits per heavy atom. The normalized spacial score (nSPS) is 10.5. The fraction of sp³-hybridized carbons (Fsp3) is 0.125. The molecule has 0 N–H and O–H groups in total. The van der Waals surface area contributed by atoms with Crippen molar-refractivity contribution in [2.75, 3.05) is 0 Å². The van der Waals surface area contributed by atoms with Gasteiger partial charge in [0.15, 0.2) is 0 Å². The largest absolute Gasteiger partial charge is 0.341 e. The predicted octanol–water partition coefficient (Wildman–Crippen LogP) is 1.37. The Bertz CT molecular complexity index is 349. The van der Waals surface area contributed by atoms with Crippen molar-refractivity contribution in [3.8, 4) is 0 Å². The van der Waals surface area contributed by atoms with Gasteiger partial charge in [0.25, 0.3) is 0 Å². The van der Waals surface area contributed by atoms with Gasteiger partial charge in [-0.2, -0.15) is 0 Å². The smallest absolute Gasteiger partial charge is 0.0669 e. The van der Waals surface area contributed by atoms with Crippen LogP contribution in [0.2, 0.25) is 0 Å². The maximum atomic E-state index is 4.01. The minimum absolute atomic E-state index is 1.13. The summed E-state index contributed by atoms with van der Waals surface area (Å²) in [6, 6.07) is 3.93. The van der Waals surface area contributed by atoms with Crippen molar-refractivity contribution in [2.45, 2.75) is 0 Å². The number of aromatic nitrogens is 2. The number of hydrogen-bond donors (Lipinski definition) is 0. The molecule has 0 atom stereocenters. The van der Waals surface area contributed by atoms with Crippen molar-refractivity contribution in [1.29, 1.82) is 0 Å². The zero-order chi connectivity index (χ0) is 6.97. The van der Waals surface area contributed by atoms with Gasteiger partial charge >= 0.3 is 0 Å². The van der Waals surface area contributed by atoms with Crippen LogP contribution in [0.3, 0.4) is 0 Å². The molecule has 0 aliphatic carbocycles. The number of hydrogen-bond acceptors (Lipinski definition) is 1. The molecule has 0 saturated carbocycles. The summed E-state index contributed by atoms with van der Waals surface area (Å²) in [5.74, 6) is 0. The molecule has 10 heavy (non-hydrogen) atoms. The van der Waals surface area contributed by atoms with Crippen molar-refractivity contribution in [2.24, 2.45) is 7.05 Å². The molecule has 0 amide bonds.